The Morgan fingerprint density at radius 2 is 1.79 bits per heavy atom. The van der Waals surface area contributed by atoms with Crippen LogP contribution in [0, 0.1) is 0 Å². The summed E-state index contributed by atoms with van der Waals surface area (Å²) < 4.78 is 10.7. The number of methoxy groups -OCH3 is 2. The number of hydrogen-bond acceptors (Lipinski definition) is 4. The molecule has 1 rings (SSSR count). The molecule has 0 spiro atoms. The third-order valence-electron chi connectivity index (χ3n) is 3.35. The fraction of sp³-hybridized carbons (Fsp3) is 0.588. The number of likely N-dealkylation sites (N-methyl/N-ethyl adjacent to an activating group) is 1. The van der Waals surface area contributed by atoms with Crippen molar-refractivity contribution in [1.82, 2.24) is 10.2 Å². The van der Waals surface area contributed by atoms with E-state index in [1.165, 1.54) is 0 Å². The Bertz CT molecular complexity index is 542. The number of rotatable bonds is 6. The average Bonchev–Trinajstić information content (AvgIpc) is 2.44. The Hall–Kier alpha value is -1.22. The first kappa shape index (κ1) is 22.8. The molecule has 0 saturated carbocycles. The highest BCUT2D eigenvalue weighted by Crippen LogP contribution is 2.31. The zero-order valence-corrected chi connectivity index (χ0v) is 18.0. The summed E-state index contributed by atoms with van der Waals surface area (Å²) in [6.45, 7) is 6.70. The molecule has 0 fully saturated rings. The highest BCUT2D eigenvalue weighted by Gasteiger charge is 2.17. The van der Waals surface area contributed by atoms with Gasteiger partial charge in [0.2, 0.25) is 0 Å². The van der Waals surface area contributed by atoms with Gasteiger partial charge in [0.05, 0.1) is 26.8 Å². The second-order valence-electron chi connectivity index (χ2n) is 6.69. The van der Waals surface area contributed by atoms with E-state index in [0.29, 0.717) is 24.0 Å². The molecule has 0 saturated heterocycles. The molecule has 0 aliphatic rings. The molecule has 0 radical (unpaired) electrons. The molecule has 24 heavy (non-hydrogen) atoms. The van der Waals surface area contributed by atoms with Gasteiger partial charge in [-0.2, -0.15) is 0 Å². The van der Waals surface area contributed by atoms with Gasteiger partial charge < -0.3 is 25.4 Å². The van der Waals surface area contributed by atoms with Crippen LogP contribution in [0.1, 0.15) is 32.4 Å². The first-order valence-electron chi connectivity index (χ1n) is 7.64. The average molecular weight is 450 g/mol. The van der Waals surface area contributed by atoms with Crippen LogP contribution in [0.4, 0.5) is 0 Å². The lowest BCUT2D eigenvalue weighted by Gasteiger charge is -2.25. The molecule has 1 aromatic carbocycles. The Labute approximate surface area is 162 Å². The maximum Gasteiger partial charge on any atom is 0.189 e. The van der Waals surface area contributed by atoms with Crippen molar-refractivity contribution in [1.29, 1.82) is 0 Å². The zero-order valence-electron chi connectivity index (χ0n) is 15.7. The maximum absolute atomic E-state index is 5.96. The van der Waals surface area contributed by atoms with E-state index >= 15 is 0 Å². The minimum atomic E-state index is -0.107. The summed E-state index contributed by atoms with van der Waals surface area (Å²) in [6.07, 6.45) is 0. The third kappa shape index (κ3) is 7.12. The summed E-state index contributed by atoms with van der Waals surface area (Å²) in [5.74, 6) is 1.87. The highest BCUT2D eigenvalue weighted by molar-refractivity contribution is 14.0. The molecular formula is C17H31IN4O2. The molecule has 7 heteroatoms. The van der Waals surface area contributed by atoms with Gasteiger partial charge in [0.1, 0.15) is 0 Å². The lowest BCUT2D eigenvalue weighted by Crippen LogP contribution is -2.45. The smallest absolute Gasteiger partial charge is 0.189 e. The van der Waals surface area contributed by atoms with E-state index in [-0.39, 0.29) is 35.6 Å². The van der Waals surface area contributed by atoms with E-state index < -0.39 is 0 Å². The number of halogens is 1. The molecule has 0 bridgehead atoms. The van der Waals surface area contributed by atoms with E-state index in [2.05, 4.69) is 15.2 Å². The number of ether oxygens (including phenoxy) is 2. The fourth-order valence-corrected chi connectivity index (χ4v) is 2.24. The number of nitrogens with zero attached hydrogens (tertiary/aromatic N) is 2. The van der Waals surface area contributed by atoms with Crippen molar-refractivity contribution >= 4 is 29.9 Å². The SMILES string of the molecule is COc1ccc(C(CN=C(N)NC(C)(C)C)N(C)C)cc1OC.I. The summed E-state index contributed by atoms with van der Waals surface area (Å²) in [6, 6.07) is 6.00. The minimum absolute atomic E-state index is 0. The normalized spacial score (nSPS) is 13.2. The second kappa shape index (κ2) is 9.93. The van der Waals surface area contributed by atoms with E-state index in [0.717, 1.165) is 5.56 Å². The van der Waals surface area contributed by atoms with Crippen LogP contribution < -0.4 is 20.5 Å². The molecule has 0 aromatic heterocycles. The Morgan fingerprint density at radius 1 is 1.21 bits per heavy atom. The molecule has 1 aromatic rings. The van der Waals surface area contributed by atoms with Crippen LogP contribution in [-0.2, 0) is 0 Å². The van der Waals surface area contributed by atoms with E-state index in [1.54, 1.807) is 14.2 Å². The predicted octanol–water partition coefficient (Wildman–Crippen LogP) is 2.63. The molecule has 1 atom stereocenters. The van der Waals surface area contributed by atoms with Gasteiger partial charge in [-0.1, -0.05) is 6.07 Å². The summed E-state index contributed by atoms with van der Waals surface area (Å²) in [5.41, 5.74) is 6.95. The Balaban J connectivity index is 0.00000529. The molecule has 1 unspecified atom stereocenters. The molecule has 6 nitrogen and oxygen atoms in total. The molecule has 3 N–H and O–H groups in total. The van der Waals surface area contributed by atoms with Gasteiger partial charge in [-0.05, 0) is 52.6 Å². The van der Waals surface area contributed by atoms with Crippen LogP contribution in [-0.4, -0.2) is 51.3 Å². The molecule has 0 amide bonds. The van der Waals surface area contributed by atoms with Gasteiger partial charge in [-0.25, -0.2) is 0 Å². The number of nitrogens with two attached hydrogens (primary N) is 1. The van der Waals surface area contributed by atoms with Gasteiger partial charge in [-0.15, -0.1) is 24.0 Å². The number of benzene rings is 1. The molecular weight excluding hydrogens is 419 g/mol. The van der Waals surface area contributed by atoms with Crippen LogP contribution in [0.3, 0.4) is 0 Å². The summed E-state index contributed by atoms with van der Waals surface area (Å²) in [7, 11) is 7.30. The minimum Gasteiger partial charge on any atom is -0.493 e. The van der Waals surface area contributed by atoms with Crippen molar-refractivity contribution in [2.45, 2.75) is 32.4 Å². The van der Waals surface area contributed by atoms with Crippen LogP contribution in [0.5, 0.6) is 11.5 Å². The topological polar surface area (TPSA) is 72.1 Å². The molecule has 0 heterocycles. The zero-order chi connectivity index (χ0) is 17.6. The lowest BCUT2D eigenvalue weighted by molar-refractivity contribution is 0.303. The van der Waals surface area contributed by atoms with E-state index in [1.807, 2.05) is 53.1 Å². The lowest BCUT2D eigenvalue weighted by atomic mass is 10.1. The van der Waals surface area contributed by atoms with Crippen LogP contribution in [0.25, 0.3) is 0 Å². The second-order valence-corrected chi connectivity index (χ2v) is 6.69. The fourth-order valence-electron chi connectivity index (χ4n) is 2.24. The monoisotopic (exact) mass is 450 g/mol. The maximum atomic E-state index is 5.96. The van der Waals surface area contributed by atoms with Gasteiger partial charge in [0, 0.05) is 5.54 Å². The number of hydrogen-bond donors (Lipinski definition) is 2. The van der Waals surface area contributed by atoms with Gasteiger partial charge >= 0.3 is 0 Å². The van der Waals surface area contributed by atoms with E-state index in [9.17, 15) is 0 Å². The first-order chi connectivity index (χ1) is 10.7. The molecule has 0 aliphatic heterocycles. The summed E-state index contributed by atoms with van der Waals surface area (Å²) in [4.78, 5) is 6.58. The van der Waals surface area contributed by atoms with Gasteiger partial charge in [-0.3, -0.25) is 4.99 Å². The quantitative estimate of drug-likeness (QED) is 0.396. The van der Waals surface area contributed by atoms with Crippen molar-refractivity contribution in [2.24, 2.45) is 10.7 Å². The van der Waals surface area contributed by atoms with Crippen molar-refractivity contribution in [3.63, 3.8) is 0 Å². The highest BCUT2D eigenvalue weighted by atomic mass is 127. The van der Waals surface area contributed by atoms with Crippen LogP contribution >= 0.6 is 24.0 Å². The number of aliphatic imine (C=N–C) groups is 1. The van der Waals surface area contributed by atoms with Crippen molar-refractivity contribution in [2.75, 3.05) is 34.9 Å². The van der Waals surface area contributed by atoms with Crippen molar-refractivity contribution in [3.8, 4) is 11.5 Å². The Morgan fingerprint density at radius 3 is 2.25 bits per heavy atom. The molecule has 0 aliphatic carbocycles. The number of nitrogens with one attached hydrogen (secondary N) is 1. The van der Waals surface area contributed by atoms with Crippen molar-refractivity contribution in [3.05, 3.63) is 23.8 Å². The van der Waals surface area contributed by atoms with Crippen LogP contribution in [0.15, 0.2) is 23.2 Å². The Kier molecular flexibility index (Phi) is 9.42. The summed E-state index contributed by atoms with van der Waals surface area (Å²) in [5, 5.41) is 3.17. The predicted molar refractivity (Wildman–Crippen MR) is 111 cm³/mol. The molecule has 138 valence electrons. The third-order valence-corrected chi connectivity index (χ3v) is 3.35. The standard InChI is InChI=1S/C17H30N4O2.HI/c1-17(2,3)20-16(18)19-11-13(21(4)5)12-8-9-14(22-6)15(10-12)23-7;/h8-10,13H,11H2,1-7H3,(H3,18,19,20);1H. The summed E-state index contributed by atoms with van der Waals surface area (Å²) >= 11 is 0. The largest absolute Gasteiger partial charge is 0.493 e. The van der Waals surface area contributed by atoms with E-state index in [4.69, 9.17) is 15.2 Å². The van der Waals surface area contributed by atoms with Crippen molar-refractivity contribution < 1.29 is 9.47 Å². The number of guanidine groups is 1. The van der Waals surface area contributed by atoms with Gasteiger partial charge in [0.15, 0.2) is 17.5 Å². The first-order valence-corrected chi connectivity index (χ1v) is 7.64. The van der Waals surface area contributed by atoms with Gasteiger partial charge in [0.25, 0.3) is 0 Å². The van der Waals surface area contributed by atoms with Crippen LogP contribution in [0.2, 0.25) is 0 Å².